The number of hydrogen-bond donors (Lipinski definition) is 3. The summed E-state index contributed by atoms with van der Waals surface area (Å²) in [6.07, 6.45) is 0. The fourth-order valence-electron chi connectivity index (χ4n) is 2.76. The van der Waals surface area contributed by atoms with Crippen LogP contribution in [-0.2, 0) is 6.54 Å². The molecule has 7 heteroatoms. The number of nitrogens with two attached hydrogens (primary N) is 1. The standard InChI is InChI=1S/C21H25N5O2/c1-27-18-9-7-15(13-19(18)28-2)14-25-21(22)24-12-11-23-20-10-8-16-5-3-4-6-17(16)26-20/h3-10,13H,11-12,14H2,1-2H3,(H,23,26)(H3,22,24,25). The normalized spacial score (nSPS) is 11.3. The lowest BCUT2D eigenvalue weighted by atomic mass is 10.2. The van der Waals surface area contributed by atoms with Gasteiger partial charge in [-0.15, -0.1) is 0 Å². The molecule has 0 radical (unpaired) electrons. The van der Waals surface area contributed by atoms with Gasteiger partial charge in [0, 0.05) is 18.5 Å². The average molecular weight is 379 g/mol. The van der Waals surface area contributed by atoms with E-state index in [1.807, 2.05) is 48.5 Å². The quantitative estimate of drug-likeness (QED) is 0.317. The number of guanidine groups is 1. The predicted octanol–water partition coefficient (Wildman–Crippen LogP) is 2.77. The second kappa shape index (κ2) is 9.45. The Kier molecular flexibility index (Phi) is 6.51. The third-order valence-electron chi connectivity index (χ3n) is 4.22. The number of ether oxygens (including phenoxy) is 2. The smallest absolute Gasteiger partial charge is 0.188 e. The summed E-state index contributed by atoms with van der Waals surface area (Å²) in [5.74, 6) is 2.59. The molecule has 0 aliphatic rings. The van der Waals surface area contributed by atoms with Gasteiger partial charge in [0.2, 0.25) is 0 Å². The molecule has 1 heterocycles. The summed E-state index contributed by atoms with van der Waals surface area (Å²) in [7, 11) is 3.22. The van der Waals surface area contributed by atoms with E-state index in [4.69, 9.17) is 15.2 Å². The largest absolute Gasteiger partial charge is 0.493 e. The molecule has 3 rings (SSSR count). The van der Waals surface area contributed by atoms with Crippen LogP contribution in [0.3, 0.4) is 0 Å². The van der Waals surface area contributed by atoms with Crippen molar-refractivity contribution in [1.29, 1.82) is 0 Å². The van der Waals surface area contributed by atoms with Crippen LogP contribution in [0.2, 0.25) is 0 Å². The van der Waals surface area contributed by atoms with E-state index >= 15 is 0 Å². The van der Waals surface area contributed by atoms with Gasteiger partial charge in [-0.2, -0.15) is 0 Å². The number of aliphatic imine (C=N–C) groups is 1. The highest BCUT2D eigenvalue weighted by atomic mass is 16.5. The van der Waals surface area contributed by atoms with E-state index in [0.717, 1.165) is 22.3 Å². The van der Waals surface area contributed by atoms with Gasteiger partial charge in [0.15, 0.2) is 17.5 Å². The number of nitrogens with zero attached hydrogens (tertiary/aromatic N) is 2. The van der Waals surface area contributed by atoms with E-state index in [0.29, 0.717) is 37.1 Å². The maximum absolute atomic E-state index is 5.94. The molecule has 4 N–H and O–H groups in total. The molecule has 0 atom stereocenters. The Bertz CT molecular complexity index is 958. The van der Waals surface area contributed by atoms with Gasteiger partial charge in [0.1, 0.15) is 5.82 Å². The van der Waals surface area contributed by atoms with Crippen molar-refractivity contribution in [1.82, 2.24) is 10.3 Å². The van der Waals surface area contributed by atoms with Crippen molar-refractivity contribution < 1.29 is 9.47 Å². The van der Waals surface area contributed by atoms with Gasteiger partial charge in [-0.1, -0.05) is 24.3 Å². The Morgan fingerprint density at radius 2 is 1.82 bits per heavy atom. The second-order valence-corrected chi connectivity index (χ2v) is 6.13. The molecular weight excluding hydrogens is 354 g/mol. The minimum absolute atomic E-state index is 0.392. The van der Waals surface area contributed by atoms with Gasteiger partial charge in [-0.25, -0.2) is 9.98 Å². The van der Waals surface area contributed by atoms with Crippen molar-refractivity contribution in [3.05, 3.63) is 60.2 Å². The summed E-state index contributed by atoms with van der Waals surface area (Å²) >= 11 is 0. The Balaban J connectivity index is 1.46. The van der Waals surface area contributed by atoms with Crippen LogP contribution in [0.5, 0.6) is 11.5 Å². The number of benzene rings is 2. The Morgan fingerprint density at radius 1 is 1.00 bits per heavy atom. The summed E-state index contributed by atoms with van der Waals surface area (Å²) in [5.41, 5.74) is 7.90. The zero-order chi connectivity index (χ0) is 19.8. The van der Waals surface area contributed by atoms with E-state index < -0.39 is 0 Å². The van der Waals surface area contributed by atoms with Crippen molar-refractivity contribution >= 4 is 22.7 Å². The second-order valence-electron chi connectivity index (χ2n) is 6.13. The van der Waals surface area contributed by atoms with Crippen molar-refractivity contribution in [2.75, 3.05) is 32.6 Å². The van der Waals surface area contributed by atoms with Crippen LogP contribution < -0.4 is 25.8 Å². The lowest BCUT2D eigenvalue weighted by molar-refractivity contribution is 0.354. The molecular formula is C21H25N5O2. The molecule has 2 aromatic carbocycles. The molecule has 3 aromatic rings. The number of para-hydroxylation sites is 1. The Labute approximate surface area is 164 Å². The first-order chi connectivity index (χ1) is 13.7. The topological polar surface area (TPSA) is 93.8 Å². The highest BCUT2D eigenvalue weighted by Crippen LogP contribution is 2.27. The minimum Gasteiger partial charge on any atom is -0.493 e. The molecule has 0 unspecified atom stereocenters. The fraction of sp³-hybridized carbons (Fsp3) is 0.238. The maximum atomic E-state index is 5.94. The van der Waals surface area contributed by atoms with Crippen LogP contribution in [0.1, 0.15) is 5.56 Å². The summed E-state index contributed by atoms with van der Waals surface area (Å²) < 4.78 is 10.5. The molecule has 0 saturated heterocycles. The molecule has 0 fully saturated rings. The summed E-state index contributed by atoms with van der Waals surface area (Å²) in [4.78, 5) is 8.93. The van der Waals surface area contributed by atoms with Gasteiger partial charge < -0.3 is 25.8 Å². The van der Waals surface area contributed by atoms with E-state index in [-0.39, 0.29) is 0 Å². The fourth-order valence-corrected chi connectivity index (χ4v) is 2.76. The van der Waals surface area contributed by atoms with Crippen LogP contribution in [0.15, 0.2) is 59.6 Å². The minimum atomic E-state index is 0.392. The van der Waals surface area contributed by atoms with Crippen LogP contribution >= 0.6 is 0 Å². The highest BCUT2D eigenvalue weighted by molar-refractivity contribution is 5.80. The van der Waals surface area contributed by atoms with Crippen molar-refractivity contribution in [3.63, 3.8) is 0 Å². The molecule has 0 aliphatic heterocycles. The number of aromatic nitrogens is 1. The number of hydrogen-bond acceptors (Lipinski definition) is 5. The lowest BCUT2D eigenvalue weighted by Crippen LogP contribution is -2.35. The Hall–Kier alpha value is -3.48. The van der Waals surface area contributed by atoms with Gasteiger partial charge in [-0.05, 0) is 35.9 Å². The molecule has 0 aliphatic carbocycles. The molecule has 0 saturated carbocycles. The maximum Gasteiger partial charge on any atom is 0.188 e. The molecule has 1 aromatic heterocycles. The SMILES string of the molecule is COc1ccc(CN=C(N)NCCNc2ccc3ccccc3n2)cc1OC. The summed E-state index contributed by atoms with van der Waals surface area (Å²) in [5, 5.41) is 7.49. The lowest BCUT2D eigenvalue weighted by Gasteiger charge is -2.10. The van der Waals surface area contributed by atoms with Crippen molar-refractivity contribution in [2.24, 2.45) is 10.7 Å². The van der Waals surface area contributed by atoms with Gasteiger partial charge in [0.05, 0.1) is 26.3 Å². The van der Waals surface area contributed by atoms with E-state index in [9.17, 15) is 0 Å². The highest BCUT2D eigenvalue weighted by Gasteiger charge is 2.04. The number of anilines is 1. The molecule has 0 amide bonds. The van der Waals surface area contributed by atoms with E-state index in [1.165, 1.54) is 0 Å². The van der Waals surface area contributed by atoms with Crippen molar-refractivity contribution in [3.8, 4) is 11.5 Å². The number of rotatable bonds is 8. The average Bonchev–Trinajstić information content (AvgIpc) is 2.74. The summed E-state index contributed by atoms with van der Waals surface area (Å²) in [6, 6.07) is 17.7. The van der Waals surface area contributed by atoms with Crippen LogP contribution in [0.25, 0.3) is 10.9 Å². The van der Waals surface area contributed by atoms with E-state index in [1.54, 1.807) is 14.2 Å². The van der Waals surface area contributed by atoms with Crippen molar-refractivity contribution in [2.45, 2.75) is 6.54 Å². The third kappa shape index (κ3) is 5.03. The summed E-state index contributed by atoms with van der Waals surface area (Å²) in [6.45, 7) is 1.77. The molecule has 28 heavy (non-hydrogen) atoms. The third-order valence-corrected chi connectivity index (χ3v) is 4.22. The zero-order valence-electron chi connectivity index (χ0n) is 16.1. The monoisotopic (exact) mass is 379 g/mol. The number of pyridine rings is 1. The van der Waals surface area contributed by atoms with Gasteiger partial charge in [0.25, 0.3) is 0 Å². The first kappa shape index (κ1) is 19.3. The molecule has 146 valence electrons. The predicted molar refractivity (Wildman–Crippen MR) is 113 cm³/mol. The number of methoxy groups -OCH3 is 2. The molecule has 7 nitrogen and oxygen atoms in total. The first-order valence-electron chi connectivity index (χ1n) is 9.04. The van der Waals surface area contributed by atoms with Gasteiger partial charge >= 0.3 is 0 Å². The number of nitrogens with one attached hydrogen (secondary N) is 2. The molecule has 0 bridgehead atoms. The zero-order valence-corrected chi connectivity index (χ0v) is 16.1. The van der Waals surface area contributed by atoms with Crippen LogP contribution in [-0.4, -0.2) is 38.3 Å². The van der Waals surface area contributed by atoms with Crippen LogP contribution in [0, 0.1) is 0 Å². The number of fused-ring (bicyclic) bond motifs is 1. The molecule has 0 spiro atoms. The Morgan fingerprint density at radius 3 is 2.64 bits per heavy atom. The van der Waals surface area contributed by atoms with E-state index in [2.05, 4.69) is 26.7 Å². The van der Waals surface area contributed by atoms with Crippen LogP contribution in [0.4, 0.5) is 5.82 Å². The first-order valence-corrected chi connectivity index (χ1v) is 9.04. The van der Waals surface area contributed by atoms with Gasteiger partial charge in [-0.3, -0.25) is 0 Å².